The molecule has 1 aliphatic carbocycles. The average Bonchev–Trinajstić information content (AvgIpc) is 2.33. The number of hydrogen-bond acceptors (Lipinski definition) is 4. The van der Waals surface area contributed by atoms with Crippen molar-refractivity contribution in [3.05, 3.63) is 17.5 Å². The summed E-state index contributed by atoms with van der Waals surface area (Å²) in [5, 5.41) is 3.79. The van der Waals surface area contributed by atoms with Gasteiger partial charge in [0, 0.05) is 12.0 Å². The van der Waals surface area contributed by atoms with Gasteiger partial charge in [-0.25, -0.2) is 9.97 Å². The first-order chi connectivity index (χ1) is 8.16. The van der Waals surface area contributed by atoms with Gasteiger partial charge in [0.25, 0.3) is 0 Å². The zero-order chi connectivity index (χ0) is 12.3. The lowest BCUT2D eigenvalue weighted by Gasteiger charge is -2.27. The molecule has 0 aromatic carbocycles. The SMILES string of the molecule is NC(=O)C1CCC(Nc2ncncc2Cl)CC1. The molecule has 1 aliphatic rings. The van der Waals surface area contributed by atoms with E-state index in [1.807, 2.05) is 0 Å². The fourth-order valence-corrected chi connectivity index (χ4v) is 2.29. The van der Waals surface area contributed by atoms with Gasteiger partial charge in [-0.3, -0.25) is 4.79 Å². The van der Waals surface area contributed by atoms with Crippen LogP contribution in [0.2, 0.25) is 5.02 Å². The standard InChI is InChI=1S/C11H15ClN4O/c12-9-5-14-6-15-11(9)16-8-3-1-7(2-4-8)10(13)17/h5-8H,1-4H2,(H2,13,17)(H,14,15,16). The first-order valence-electron chi connectivity index (χ1n) is 5.68. The second-order valence-electron chi connectivity index (χ2n) is 4.31. The summed E-state index contributed by atoms with van der Waals surface area (Å²) < 4.78 is 0. The van der Waals surface area contributed by atoms with Crippen LogP contribution < -0.4 is 11.1 Å². The molecule has 0 unspecified atom stereocenters. The van der Waals surface area contributed by atoms with Gasteiger partial charge in [0.05, 0.1) is 6.20 Å². The Kier molecular flexibility index (Phi) is 3.78. The molecule has 1 amide bonds. The largest absolute Gasteiger partial charge is 0.369 e. The molecule has 5 nitrogen and oxygen atoms in total. The molecule has 1 saturated carbocycles. The van der Waals surface area contributed by atoms with Gasteiger partial charge in [0.2, 0.25) is 5.91 Å². The van der Waals surface area contributed by atoms with Crippen molar-refractivity contribution in [1.29, 1.82) is 0 Å². The molecule has 1 fully saturated rings. The van der Waals surface area contributed by atoms with Gasteiger partial charge in [0.15, 0.2) is 0 Å². The van der Waals surface area contributed by atoms with Crippen molar-refractivity contribution < 1.29 is 4.79 Å². The Morgan fingerprint density at radius 1 is 1.41 bits per heavy atom. The van der Waals surface area contributed by atoms with E-state index in [2.05, 4.69) is 15.3 Å². The topological polar surface area (TPSA) is 80.9 Å². The smallest absolute Gasteiger partial charge is 0.220 e. The first kappa shape index (κ1) is 12.1. The Hall–Kier alpha value is -1.36. The second kappa shape index (κ2) is 5.31. The van der Waals surface area contributed by atoms with Crippen LogP contribution in [0.25, 0.3) is 0 Å². The molecular weight excluding hydrogens is 240 g/mol. The number of aromatic nitrogens is 2. The fourth-order valence-electron chi connectivity index (χ4n) is 2.13. The maximum atomic E-state index is 11.0. The third-order valence-electron chi connectivity index (χ3n) is 3.14. The number of amides is 1. The summed E-state index contributed by atoms with van der Waals surface area (Å²) in [5.74, 6) is 0.488. The average molecular weight is 255 g/mol. The lowest BCUT2D eigenvalue weighted by Crippen LogP contribution is -2.32. The van der Waals surface area contributed by atoms with Gasteiger partial charge in [-0.05, 0) is 25.7 Å². The summed E-state index contributed by atoms with van der Waals surface area (Å²) >= 11 is 5.96. The number of hydrogen-bond donors (Lipinski definition) is 2. The van der Waals surface area contributed by atoms with Crippen LogP contribution in [0.3, 0.4) is 0 Å². The summed E-state index contributed by atoms with van der Waals surface area (Å²) in [5.41, 5.74) is 5.29. The van der Waals surface area contributed by atoms with E-state index in [1.165, 1.54) is 6.33 Å². The highest BCUT2D eigenvalue weighted by Gasteiger charge is 2.24. The number of anilines is 1. The van der Waals surface area contributed by atoms with Gasteiger partial charge in [-0.15, -0.1) is 0 Å². The third kappa shape index (κ3) is 3.06. The number of primary amides is 1. The van der Waals surface area contributed by atoms with Crippen LogP contribution in [-0.4, -0.2) is 21.9 Å². The van der Waals surface area contributed by atoms with Crippen molar-refractivity contribution in [3.63, 3.8) is 0 Å². The van der Waals surface area contributed by atoms with Crippen LogP contribution in [0.15, 0.2) is 12.5 Å². The number of nitrogens with two attached hydrogens (primary N) is 1. The van der Waals surface area contributed by atoms with E-state index in [0.29, 0.717) is 16.9 Å². The van der Waals surface area contributed by atoms with Crippen LogP contribution in [-0.2, 0) is 4.79 Å². The summed E-state index contributed by atoms with van der Waals surface area (Å²) in [7, 11) is 0. The zero-order valence-electron chi connectivity index (χ0n) is 9.40. The predicted molar refractivity (Wildman–Crippen MR) is 65.6 cm³/mol. The summed E-state index contributed by atoms with van der Waals surface area (Å²) in [4.78, 5) is 18.9. The molecule has 0 aliphatic heterocycles. The normalized spacial score (nSPS) is 24.3. The molecule has 1 heterocycles. The van der Waals surface area contributed by atoms with Crippen LogP contribution in [0.4, 0.5) is 5.82 Å². The first-order valence-corrected chi connectivity index (χ1v) is 6.06. The van der Waals surface area contributed by atoms with Crippen LogP contribution in [0.1, 0.15) is 25.7 Å². The monoisotopic (exact) mass is 254 g/mol. The van der Waals surface area contributed by atoms with Gasteiger partial charge in [-0.1, -0.05) is 11.6 Å². The van der Waals surface area contributed by atoms with Crippen LogP contribution in [0, 0.1) is 5.92 Å². The Balaban J connectivity index is 1.90. The Morgan fingerprint density at radius 2 is 2.12 bits per heavy atom. The molecular formula is C11H15ClN4O. The van der Waals surface area contributed by atoms with Gasteiger partial charge >= 0.3 is 0 Å². The van der Waals surface area contributed by atoms with E-state index in [0.717, 1.165) is 25.7 Å². The van der Waals surface area contributed by atoms with Crippen LogP contribution in [0.5, 0.6) is 0 Å². The number of rotatable bonds is 3. The minimum absolute atomic E-state index is 0.0221. The maximum Gasteiger partial charge on any atom is 0.220 e. The maximum absolute atomic E-state index is 11.0. The fraction of sp³-hybridized carbons (Fsp3) is 0.545. The van der Waals surface area contributed by atoms with Crippen molar-refractivity contribution in [3.8, 4) is 0 Å². The molecule has 92 valence electrons. The highest BCUT2D eigenvalue weighted by molar-refractivity contribution is 6.32. The molecule has 17 heavy (non-hydrogen) atoms. The molecule has 0 spiro atoms. The van der Waals surface area contributed by atoms with Crippen molar-refractivity contribution >= 4 is 23.3 Å². The predicted octanol–water partition coefficient (Wildman–Crippen LogP) is 1.59. The summed E-state index contributed by atoms with van der Waals surface area (Å²) in [6.07, 6.45) is 6.50. The molecule has 0 atom stereocenters. The molecule has 1 aromatic heterocycles. The molecule has 0 radical (unpaired) electrons. The van der Waals surface area contributed by atoms with E-state index in [1.54, 1.807) is 6.20 Å². The Bertz CT molecular complexity index is 404. The molecule has 6 heteroatoms. The van der Waals surface area contributed by atoms with E-state index in [9.17, 15) is 4.79 Å². The molecule has 0 bridgehead atoms. The van der Waals surface area contributed by atoms with E-state index in [4.69, 9.17) is 17.3 Å². The van der Waals surface area contributed by atoms with E-state index in [-0.39, 0.29) is 11.8 Å². The number of nitrogens with zero attached hydrogens (tertiary/aromatic N) is 2. The van der Waals surface area contributed by atoms with Gasteiger partial charge in [-0.2, -0.15) is 0 Å². The highest BCUT2D eigenvalue weighted by Crippen LogP contribution is 2.27. The molecule has 2 rings (SSSR count). The molecule has 3 N–H and O–H groups in total. The van der Waals surface area contributed by atoms with Crippen molar-refractivity contribution in [1.82, 2.24) is 9.97 Å². The van der Waals surface area contributed by atoms with E-state index >= 15 is 0 Å². The van der Waals surface area contributed by atoms with Crippen molar-refractivity contribution in [2.45, 2.75) is 31.7 Å². The summed E-state index contributed by atoms with van der Waals surface area (Å²) in [6.45, 7) is 0. The second-order valence-corrected chi connectivity index (χ2v) is 4.72. The molecule has 0 saturated heterocycles. The van der Waals surface area contributed by atoms with Crippen LogP contribution >= 0.6 is 11.6 Å². The number of nitrogens with one attached hydrogen (secondary N) is 1. The summed E-state index contributed by atoms with van der Waals surface area (Å²) in [6, 6.07) is 0.304. The lowest BCUT2D eigenvalue weighted by atomic mass is 9.85. The number of carbonyl (C=O) groups is 1. The Morgan fingerprint density at radius 3 is 2.71 bits per heavy atom. The molecule has 1 aromatic rings. The lowest BCUT2D eigenvalue weighted by molar-refractivity contribution is -0.122. The van der Waals surface area contributed by atoms with Crippen molar-refractivity contribution in [2.24, 2.45) is 11.7 Å². The van der Waals surface area contributed by atoms with E-state index < -0.39 is 0 Å². The minimum Gasteiger partial charge on any atom is -0.369 e. The van der Waals surface area contributed by atoms with Gasteiger partial charge in [0.1, 0.15) is 17.2 Å². The minimum atomic E-state index is -0.191. The number of halogens is 1. The van der Waals surface area contributed by atoms with Gasteiger partial charge < -0.3 is 11.1 Å². The third-order valence-corrected chi connectivity index (χ3v) is 3.41. The quantitative estimate of drug-likeness (QED) is 0.858. The number of carbonyl (C=O) groups excluding carboxylic acids is 1. The Labute approximate surface area is 105 Å². The zero-order valence-corrected chi connectivity index (χ0v) is 10.2. The van der Waals surface area contributed by atoms with Crippen molar-refractivity contribution in [2.75, 3.05) is 5.32 Å². The highest BCUT2D eigenvalue weighted by atomic mass is 35.5.